The van der Waals surface area contributed by atoms with Gasteiger partial charge in [-0.05, 0) is 6.42 Å². The smallest absolute Gasteiger partial charge is 0.324 e. The van der Waals surface area contributed by atoms with Crippen LogP contribution >= 0.6 is 0 Å². The fourth-order valence-corrected chi connectivity index (χ4v) is 2.04. The average Bonchev–Trinajstić information content (AvgIpc) is 2.85. The number of imide groups is 1. The Morgan fingerprint density at radius 1 is 1.50 bits per heavy atom. The summed E-state index contributed by atoms with van der Waals surface area (Å²) in [6.07, 6.45) is 0.409. The van der Waals surface area contributed by atoms with E-state index in [-0.39, 0.29) is 30.5 Å². The third-order valence-corrected chi connectivity index (χ3v) is 2.84. The maximum Gasteiger partial charge on any atom is 0.324 e. The van der Waals surface area contributed by atoms with Crippen LogP contribution in [-0.2, 0) is 14.3 Å². The molecule has 2 rings (SSSR count). The average molecular weight is 227 g/mol. The summed E-state index contributed by atoms with van der Waals surface area (Å²) in [6.45, 7) is 0.469. The quantitative estimate of drug-likeness (QED) is 0.440. The maximum atomic E-state index is 11.4. The first-order chi connectivity index (χ1) is 7.63. The summed E-state index contributed by atoms with van der Waals surface area (Å²) in [6, 6.07) is -1.09. The zero-order valence-electron chi connectivity index (χ0n) is 8.86. The van der Waals surface area contributed by atoms with Crippen molar-refractivity contribution >= 4 is 17.9 Å². The monoisotopic (exact) mass is 227 g/mol. The molecule has 0 bridgehead atoms. The molecule has 7 nitrogen and oxygen atoms in total. The number of carbonyl (C=O) groups is 3. The van der Waals surface area contributed by atoms with Crippen LogP contribution in [0, 0.1) is 0 Å². The summed E-state index contributed by atoms with van der Waals surface area (Å²) in [7, 11) is 1.31. The molecule has 0 aromatic carbocycles. The van der Waals surface area contributed by atoms with Crippen molar-refractivity contribution in [2.75, 3.05) is 20.2 Å². The van der Waals surface area contributed by atoms with Crippen LogP contribution in [0.2, 0.25) is 0 Å². The summed E-state index contributed by atoms with van der Waals surface area (Å²) >= 11 is 0. The number of hydrogen-bond acceptors (Lipinski definition) is 5. The third-order valence-electron chi connectivity index (χ3n) is 2.84. The standard InChI is InChI=1S/C9H13N3O4/c1-16-8(14)6-2-5(3-10-6)12-7(13)4-11-9(12)15/h5-6,10H,2-4H2,1H3,(H,11,15)/t5-,6+/m1/s1. The molecule has 2 N–H and O–H groups in total. The van der Waals surface area contributed by atoms with Gasteiger partial charge in [0.25, 0.3) is 0 Å². The molecule has 2 aliphatic heterocycles. The Labute approximate surface area is 92.1 Å². The van der Waals surface area contributed by atoms with Gasteiger partial charge in [-0.15, -0.1) is 0 Å². The van der Waals surface area contributed by atoms with Gasteiger partial charge in [0.2, 0.25) is 5.91 Å². The van der Waals surface area contributed by atoms with E-state index in [1.807, 2.05) is 0 Å². The first-order valence-corrected chi connectivity index (χ1v) is 5.04. The summed E-state index contributed by atoms with van der Waals surface area (Å²) in [4.78, 5) is 35.2. The molecule has 2 heterocycles. The molecule has 0 aromatic rings. The number of nitrogens with zero attached hydrogens (tertiary/aromatic N) is 1. The van der Waals surface area contributed by atoms with Crippen molar-refractivity contribution in [1.82, 2.24) is 15.5 Å². The second-order valence-electron chi connectivity index (χ2n) is 3.80. The van der Waals surface area contributed by atoms with Gasteiger partial charge in [0.05, 0.1) is 19.7 Å². The highest BCUT2D eigenvalue weighted by Crippen LogP contribution is 2.17. The van der Waals surface area contributed by atoms with E-state index in [9.17, 15) is 14.4 Å². The van der Waals surface area contributed by atoms with Crippen molar-refractivity contribution < 1.29 is 19.1 Å². The summed E-state index contributed by atoms with van der Waals surface area (Å²) in [5.41, 5.74) is 0. The van der Waals surface area contributed by atoms with E-state index in [0.29, 0.717) is 13.0 Å². The van der Waals surface area contributed by atoms with E-state index in [2.05, 4.69) is 15.4 Å². The molecule has 0 aliphatic carbocycles. The minimum atomic E-state index is -0.434. The number of nitrogens with one attached hydrogen (secondary N) is 2. The fraction of sp³-hybridized carbons (Fsp3) is 0.667. The molecule has 0 saturated carbocycles. The first kappa shape index (κ1) is 10.9. The van der Waals surface area contributed by atoms with Gasteiger partial charge in [-0.25, -0.2) is 4.79 Å². The highest BCUT2D eigenvalue weighted by Gasteiger charge is 2.41. The van der Waals surface area contributed by atoms with E-state index >= 15 is 0 Å². The van der Waals surface area contributed by atoms with Crippen LogP contribution < -0.4 is 10.6 Å². The molecule has 88 valence electrons. The zero-order valence-corrected chi connectivity index (χ0v) is 8.86. The number of hydrogen-bond donors (Lipinski definition) is 2. The number of amides is 3. The van der Waals surface area contributed by atoms with E-state index < -0.39 is 6.04 Å². The number of carbonyl (C=O) groups excluding carboxylic acids is 3. The molecule has 2 fully saturated rings. The molecular formula is C9H13N3O4. The van der Waals surface area contributed by atoms with Crippen LogP contribution in [0.1, 0.15) is 6.42 Å². The molecular weight excluding hydrogens is 214 g/mol. The Kier molecular flexibility index (Phi) is 2.78. The van der Waals surface area contributed by atoms with Gasteiger partial charge >= 0.3 is 12.0 Å². The Hall–Kier alpha value is -1.63. The maximum absolute atomic E-state index is 11.4. The van der Waals surface area contributed by atoms with Gasteiger partial charge in [-0.3, -0.25) is 14.5 Å². The lowest BCUT2D eigenvalue weighted by atomic mass is 10.1. The topological polar surface area (TPSA) is 87.7 Å². The minimum Gasteiger partial charge on any atom is -0.468 e. The summed E-state index contributed by atoms with van der Waals surface area (Å²) in [5.74, 6) is -0.614. The Morgan fingerprint density at radius 2 is 2.25 bits per heavy atom. The summed E-state index contributed by atoms with van der Waals surface area (Å²) < 4.78 is 4.59. The molecule has 0 spiro atoms. The lowest BCUT2D eigenvalue weighted by molar-refractivity contribution is -0.143. The second-order valence-corrected chi connectivity index (χ2v) is 3.80. The van der Waals surface area contributed by atoms with Crippen molar-refractivity contribution in [2.45, 2.75) is 18.5 Å². The van der Waals surface area contributed by atoms with E-state index in [0.717, 1.165) is 0 Å². The van der Waals surface area contributed by atoms with Crippen molar-refractivity contribution in [3.05, 3.63) is 0 Å². The third kappa shape index (κ3) is 1.73. The molecule has 2 atom stereocenters. The minimum absolute atomic E-state index is 0.0399. The Morgan fingerprint density at radius 3 is 2.81 bits per heavy atom. The van der Waals surface area contributed by atoms with Gasteiger partial charge < -0.3 is 15.4 Å². The van der Waals surface area contributed by atoms with Crippen molar-refractivity contribution in [3.63, 3.8) is 0 Å². The van der Waals surface area contributed by atoms with Gasteiger partial charge in [0, 0.05) is 6.54 Å². The highest BCUT2D eigenvalue weighted by atomic mass is 16.5. The highest BCUT2D eigenvalue weighted by molar-refractivity contribution is 6.02. The SMILES string of the molecule is COC(=O)[C@@H]1C[C@@H](N2C(=O)CNC2=O)CN1. The van der Waals surface area contributed by atoms with Gasteiger partial charge in [-0.1, -0.05) is 0 Å². The molecule has 3 amide bonds. The van der Waals surface area contributed by atoms with Crippen molar-refractivity contribution in [2.24, 2.45) is 0 Å². The van der Waals surface area contributed by atoms with Gasteiger partial charge in [0.1, 0.15) is 6.04 Å². The molecule has 7 heteroatoms. The van der Waals surface area contributed by atoms with Gasteiger partial charge in [0.15, 0.2) is 0 Å². The lowest BCUT2D eigenvalue weighted by Crippen LogP contribution is -2.41. The molecule has 0 unspecified atom stereocenters. The van der Waals surface area contributed by atoms with Crippen molar-refractivity contribution in [3.8, 4) is 0 Å². The van der Waals surface area contributed by atoms with Crippen LogP contribution in [0.15, 0.2) is 0 Å². The van der Waals surface area contributed by atoms with Crippen LogP contribution in [0.4, 0.5) is 4.79 Å². The summed E-state index contributed by atoms with van der Waals surface area (Å²) in [5, 5.41) is 5.37. The van der Waals surface area contributed by atoms with Crippen molar-refractivity contribution in [1.29, 1.82) is 0 Å². The molecule has 2 aliphatic rings. The molecule has 16 heavy (non-hydrogen) atoms. The van der Waals surface area contributed by atoms with E-state index in [4.69, 9.17) is 0 Å². The Bertz CT molecular complexity index is 328. The number of ether oxygens (including phenoxy) is 1. The lowest BCUT2D eigenvalue weighted by Gasteiger charge is -2.19. The van der Waals surface area contributed by atoms with Crippen LogP contribution in [0.25, 0.3) is 0 Å². The molecule has 0 radical (unpaired) electrons. The van der Waals surface area contributed by atoms with Crippen LogP contribution in [-0.4, -0.2) is 55.1 Å². The van der Waals surface area contributed by atoms with E-state index in [1.54, 1.807) is 0 Å². The molecule has 2 saturated heterocycles. The predicted molar refractivity (Wildman–Crippen MR) is 52.5 cm³/mol. The number of methoxy groups -OCH3 is 1. The van der Waals surface area contributed by atoms with Crippen LogP contribution in [0.5, 0.6) is 0 Å². The Balaban J connectivity index is 2.00. The fourth-order valence-electron chi connectivity index (χ4n) is 2.04. The normalized spacial score (nSPS) is 29.4. The predicted octanol–water partition coefficient (Wildman–Crippen LogP) is -1.56. The second kappa shape index (κ2) is 4.09. The number of esters is 1. The largest absolute Gasteiger partial charge is 0.468 e. The zero-order chi connectivity index (χ0) is 11.7. The van der Waals surface area contributed by atoms with Crippen LogP contribution in [0.3, 0.4) is 0 Å². The molecule has 0 aromatic heterocycles. The number of urea groups is 1. The van der Waals surface area contributed by atoms with Gasteiger partial charge in [-0.2, -0.15) is 0 Å². The number of rotatable bonds is 2. The first-order valence-electron chi connectivity index (χ1n) is 5.04. The van der Waals surface area contributed by atoms with E-state index in [1.165, 1.54) is 12.0 Å².